The zero-order valence-electron chi connectivity index (χ0n) is 12.5. The summed E-state index contributed by atoms with van der Waals surface area (Å²) in [5, 5.41) is 7.67. The lowest BCUT2D eigenvalue weighted by atomic mass is 10.3. The van der Waals surface area contributed by atoms with Gasteiger partial charge in [0, 0.05) is 10.2 Å². The van der Waals surface area contributed by atoms with Crippen LogP contribution in [-0.2, 0) is 14.8 Å². The van der Waals surface area contributed by atoms with Crippen molar-refractivity contribution >= 4 is 53.5 Å². The normalized spacial score (nSPS) is 12.5. The Balaban J connectivity index is 2.03. The number of halogens is 2. The quantitative estimate of drug-likeness (QED) is 0.690. The van der Waals surface area contributed by atoms with Crippen LogP contribution in [0.3, 0.4) is 0 Å². The van der Waals surface area contributed by atoms with Gasteiger partial charge < -0.3 is 10.1 Å². The van der Waals surface area contributed by atoms with Crippen molar-refractivity contribution in [3.63, 3.8) is 0 Å². The molecule has 6 nitrogen and oxygen atoms in total. The Morgan fingerprint density at radius 2 is 1.79 bits per heavy atom. The molecule has 0 heterocycles. The van der Waals surface area contributed by atoms with Crippen molar-refractivity contribution in [1.29, 1.82) is 0 Å². The molecule has 9 heteroatoms. The fourth-order valence-corrected chi connectivity index (χ4v) is 3.44. The van der Waals surface area contributed by atoms with Gasteiger partial charge in [-0.1, -0.05) is 15.9 Å². The van der Waals surface area contributed by atoms with Gasteiger partial charge in [0.15, 0.2) is 6.10 Å². The van der Waals surface area contributed by atoms with Gasteiger partial charge in [-0.2, -0.15) is 0 Å². The van der Waals surface area contributed by atoms with Gasteiger partial charge in [0.2, 0.25) is 10.0 Å². The lowest BCUT2D eigenvalue weighted by Gasteiger charge is -2.16. The highest BCUT2D eigenvalue weighted by Crippen LogP contribution is 2.29. The molecule has 2 rings (SSSR count). The minimum atomic E-state index is -3.76. The van der Waals surface area contributed by atoms with E-state index in [0.717, 1.165) is 4.47 Å². The summed E-state index contributed by atoms with van der Waals surface area (Å²) < 4.78 is 29.6. The van der Waals surface area contributed by atoms with Crippen molar-refractivity contribution in [2.24, 2.45) is 5.14 Å². The van der Waals surface area contributed by atoms with Crippen molar-refractivity contribution in [2.45, 2.75) is 17.9 Å². The van der Waals surface area contributed by atoms with Crippen LogP contribution in [0, 0.1) is 0 Å². The van der Waals surface area contributed by atoms with Gasteiger partial charge >= 0.3 is 0 Å². The molecule has 3 N–H and O–H groups in total. The molecule has 0 radical (unpaired) electrons. The summed E-state index contributed by atoms with van der Waals surface area (Å²) >= 11 is 6.70. The van der Waals surface area contributed by atoms with E-state index in [4.69, 9.17) is 9.88 Å². The molecule has 0 saturated carbocycles. The summed E-state index contributed by atoms with van der Waals surface area (Å²) in [6.45, 7) is 1.61. The Kier molecular flexibility index (Phi) is 6.02. The van der Waals surface area contributed by atoms with Gasteiger partial charge in [-0.15, -0.1) is 0 Å². The van der Waals surface area contributed by atoms with E-state index in [9.17, 15) is 13.2 Å². The third-order valence-corrected chi connectivity index (χ3v) is 5.06. The Bertz CT molecular complexity index is 854. The van der Waals surface area contributed by atoms with E-state index in [1.165, 1.54) is 24.3 Å². The van der Waals surface area contributed by atoms with Crippen LogP contribution >= 0.6 is 31.9 Å². The first-order valence-electron chi connectivity index (χ1n) is 6.72. The number of sulfonamides is 1. The molecule has 1 atom stereocenters. The molecule has 0 saturated heterocycles. The van der Waals surface area contributed by atoms with E-state index in [1.54, 1.807) is 19.1 Å². The standard InChI is InChI=1S/C15H14Br2N2O4S/c1-9(23-14-7-2-10(16)8-13(14)17)15(20)19-11-3-5-12(6-4-11)24(18,21)22/h2-9H,1H3,(H,19,20)(H2,18,21,22)/t9-/m1/s1. The number of primary sulfonamides is 1. The van der Waals surface area contributed by atoms with E-state index in [-0.39, 0.29) is 10.8 Å². The molecule has 24 heavy (non-hydrogen) atoms. The van der Waals surface area contributed by atoms with E-state index in [2.05, 4.69) is 37.2 Å². The summed E-state index contributed by atoms with van der Waals surface area (Å²) in [4.78, 5) is 12.1. The number of carbonyl (C=O) groups is 1. The topological polar surface area (TPSA) is 98.5 Å². The maximum atomic E-state index is 12.2. The molecular formula is C15H14Br2N2O4S. The number of nitrogens with two attached hydrogens (primary N) is 1. The lowest BCUT2D eigenvalue weighted by molar-refractivity contribution is -0.122. The van der Waals surface area contributed by atoms with E-state index in [1.807, 2.05) is 6.07 Å². The molecule has 1 amide bonds. The van der Waals surface area contributed by atoms with Crippen LogP contribution in [0.5, 0.6) is 5.75 Å². The minimum absolute atomic E-state index is 0.0245. The number of anilines is 1. The fourth-order valence-electron chi connectivity index (χ4n) is 1.79. The van der Waals surface area contributed by atoms with Crippen LogP contribution in [0.4, 0.5) is 5.69 Å². The molecule has 0 aliphatic rings. The van der Waals surface area contributed by atoms with Crippen molar-refractivity contribution in [1.82, 2.24) is 0 Å². The van der Waals surface area contributed by atoms with Crippen LogP contribution in [-0.4, -0.2) is 20.4 Å². The number of hydrogen-bond donors (Lipinski definition) is 2. The SMILES string of the molecule is C[C@@H](Oc1ccc(Br)cc1Br)C(=O)Nc1ccc(S(N)(=O)=O)cc1. The second-order valence-electron chi connectivity index (χ2n) is 4.89. The average Bonchev–Trinajstić information content (AvgIpc) is 2.49. The first-order chi connectivity index (χ1) is 11.2. The Morgan fingerprint density at radius 3 is 2.33 bits per heavy atom. The number of nitrogens with one attached hydrogen (secondary N) is 1. The molecule has 2 aromatic carbocycles. The lowest BCUT2D eigenvalue weighted by Crippen LogP contribution is -2.30. The second-order valence-corrected chi connectivity index (χ2v) is 8.22. The Hall–Kier alpha value is -1.42. The molecule has 0 spiro atoms. The Labute approximate surface area is 156 Å². The van der Waals surface area contributed by atoms with Gasteiger partial charge in [0.25, 0.3) is 5.91 Å². The number of hydrogen-bond acceptors (Lipinski definition) is 4. The number of rotatable bonds is 5. The number of benzene rings is 2. The van der Waals surface area contributed by atoms with Crippen LogP contribution in [0.15, 0.2) is 56.3 Å². The molecule has 0 aromatic heterocycles. The van der Waals surface area contributed by atoms with Crippen LogP contribution < -0.4 is 15.2 Å². The summed E-state index contributed by atoms with van der Waals surface area (Å²) in [5.41, 5.74) is 0.442. The third-order valence-electron chi connectivity index (χ3n) is 3.02. The number of carbonyl (C=O) groups excluding carboxylic acids is 1. The highest BCUT2D eigenvalue weighted by Gasteiger charge is 2.17. The fraction of sp³-hybridized carbons (Fsp3) is 0.133. The summed E-state index contributed by atoms with van der Waals surface area (Å²) in [6, 6.07) is 10.9. The van der Waals surface area contributed by atoms with Crippen molar-refractivity contribution in [3.05, 3.63) is 51.4 Å². The van der Waals surface area contributed by atoms with Crippen molar-refractivity contribution in [2.75, 3.05) is 5.32 Å². The maximum absolute atomic E-state index is 12.2. The van der Waals surface area contributed by atoms with Gasteiger partial charge in [-0.25, -0.2) is 13.6 Å². The summed E-state index contributed by atoms with van der Waals surface area (Å²) in [6.07, 6.45) is -0.750. The van der Waals surface area contributed by atoms with E-state index in [0.29, 0.717) is 15.9 Å². The highest BCUT2D eigenvalue weighted by atomic mass is 79.9. The van der Waals surface area contributed by atoms with Gasteiger partial charge in [0.1, 0.15) is 5.75 Å². The predicted molar refractivity (Wildman–Crippen MR) is 98.4 cm³/mol. The minimum Gasteiger partial charge on any atom is -0.480 e. The summed E-state index contributed by atoms with van der Waals surface area (Å²) in [7, 11) is -3.76. The predicted octanol–water partition coefficient (Wildman–Crippen LogP) is 3.27. The van der Waals surface area contributed by atoms with Crippen LogP contribution in [0.1, 0.15) is 6.92 Å². The highest BCUT2D eigenvalue weighted by molar-refractivity contribution is 9.11. The largest absolute Gasteiger partial charge is 0.480 e. The molecule has 128 valence electrons. The molecule has 0 aliphatic carbocycles. The van der Waals surface area contributed by atoms with E-state index < -0.39 is 16.1 Å². The van der Waals surface area contributed by atoms with E-state index >= 15 is 0 Å². The number of amides is 1. The zero-order valence-corrected chi connectivity index (χ0v) is 16.5. The second kappa shape index (κ2) is 7.64. The van der Waals surface area contributed by atoms with Crippen LogP contribution in [0.25, 0.3) is 0 Å². The molecule has 0 fully saturated rings. The Morgan fingerprint density at radius 1 is 1.17 bits per heavy atom. The molecule has 2 aromatic rings. The third kappa shape index (κ3) is 5.04. The average molecular weight is 478 g/mol. The molecular weight excluding hydrogens is 464 g/mol. The first-order valence-corrected chi connectivity index (χ1v) is 9.85. The molecule has 0 bridgehead atoms. The van der Waals surface area contributed by atoms with Gasteiger partial charge in [-0.05, 0) is 65.3 Å². The van der Waals surface area contributed by atoms with Crippen LogP contribution in [0.2, 0.25) is 0 Å². The van der Waals surface area contributed by atoms with Gasteiger partial charge in [-0.3, -0.25) is 4.79 Å². The molecule has 0 aliphatic heterocycles. The smallest absolute Gasteiger partial charge is 0.265 e. The van der Waals surface area contributed by atoms with Crippen molar-refractivity contribution < 1.29 is 17.9 Å². The first kappa shape index (κ1) is 18.9. The molecule has 0 unspecified atom stereocenters. The number of ether oxygens (including phenoxy) is 1. The zero-order chi connectivity index (χ0) is 17.9. The van der Waals surface area contributed by atoms with Crippen molar-refractivity contribution in [3.8, 4) is 5.75 Å². The van der Waals surface area contributed by atoms with Gasteiger partial charge in [0.05, 0.1) is 9.37 Å². The summed E-state index contributed by atoms with van der Waals surface area (Å²) in [5.74, 6) is 0.165. The maximum Gasteiger partial charge on any atom is 0.265 e. The monoisotopic (exact) mass is 476 g/mol.